The molecule has 1 amide bonds. The number of nitrogens with zero attached hydrogens (tertiary/aromatic N) is 1. The van der Waals surface area contributed by atoms with Gasteiger partial charge in [-0.15, -0.1) is 12.4 Å². The highest BCUT2D eigenvalue weighted by Crippen LogP contribution is 2.36. The van der Waals surface area contributed by atoms with Crippen LogP contribution in [0.15, 0.2) is 29.2 Å². The van der Waals surface area contributed by atoms with Gasteiger partial charge in [-0.25, -0.2) is 0 Å². The third-order valence-corrected chi connectivity index (χ3v) is 4.23. The Hall–Kier alpha value is -0.920. The first-order valence-electron chi connectivity index (χ1n) is 6.77. The van der Waals surface area contributed by atoms with Gasteiger partial charge >= 0.3 is 5.51 Å². The number of likely N-dealkylation sites (tertiary alicyclic amines) is 1. The van der Waals surface area contributed by atoms with Gasteiger partial charge in [-0.3, -0.25) is 4.79 Å². The number of amides is 1. The zero-order chi connectivity index (χ0) is 15.5. The number of benzene rings is 1. The molecule has 1 saturated heterocycles. The van der Waals surface area contributed by atoms with E-state index in [0.717, 1.165) is 19.3 Å². The average molecular weight is 355 g/mol. The minimum Gasteiger partial charge on any atom is -0.334 e. The summed E-state index contributed by atoms with van der Waals surface area (Å²) in [5.74, 6) is -0.159. The second kappa shape index (κ2) is 8.08. The fourth-order valence-corrected chi connectivity index (χ4v) is 3.02. The predicted octanol–water partition coefficient (Wildman–Crippen LogP) is 3.67. The third kappa shape index (κ3) is 5.07. The highest BCUT2D eigenvalue weighted by molar-refractivity contribution is 8.00. The van der Waals surface area contributed by atoms with Crippen molar-refractivity contribution in [1.82, 2.24) is 4.90 Å². The van der Waals surface area contributed by atoms with E-state index >= 15 is 0 Å². The van der Waals surface area contributed by atoms with Crippen LogP contribution in [0.5, 0.6) is 0 Å². The maximum Gasteiger partial charge on any atom is 0.446 e. The summed E-state index contributed by atoms with van der Waals surface area (Å²) in [6.45, 7) is 1.06. The van der Waals surface area contributed by atoms with Crippen LogP contribution in [0, 0.1) is 0 Å². The van der Waals surface area contributed by atoms with Crippen molar-refractivity contribution in [2.24, 2.45) is 5.73 Å². The number of carbonyl (C=O) groups excluding carboxylic acids is 1. The minimum atomic E-state index is -4.32. The fraction of sp³-hybridized carbons (Fsp3) is 0.500. The monoisotopic (exact) mass is 354 g/mol. The number of piperidine rings is 1. The lowest BCUT2D eigenvalue weighted by atomic mass is 10.0. The Morgan fingerprint density at radius 1 is 1.27 bits per heavy atom. The molecule has 2 N–H and O–H groups in total. The lowest BCUT2D eigenvalue weighted by Crippen LogP contribution is -2.47. The molecule has 2 rings (SSSR count). The molecule has 1 aliphatic rings. The van der Waals surface area contributed by atoms with Gasteiger partial charge in [-0.2, -0.15) is 13.2 Å². The largest absolute Gasteiger partial charge is 0.446 e. The van der Waals surface area contributed by atoms with Crippen molar-refractivity contribution in [3.05, 3.63) is 29.8 Å². The van der Waals surface area contributed by atoms with Crippen LogP contribution in [0.1, 0.15) is 29.6 Å². The van der Waals surface area contributed by atoms with Crippen LogP contribution < -0.4 is 5.73 Å². The highest BCUT2D eigenvalue weighted by Gasteiger charge is 2.30. The van der Waals surface area contributed by atoms with E-state index in [9.17, 15) is 18.0 Å². The van der Waals surface area contributed by atoms with E-state index in [1.165, 1.54) is 24.3 Å². The van der Waals surface area contributed by atoms with Crippen molar-refractivity contribution >= 4 is 30.1 Å². The van der Waals surface area contributed by atoms with Crippen molar-refractivity contribution in [3.63, 3.8) is 0 Å². The van der Waals surface area contributed by atoms with Crippen LogP contribution in [0.2, 0.25) is 0 Å². The highest BCUT2D eigenvalue weighted by atomic mass is 35.5. The zero-order valence-electron chi connectivity index (χ0n) is 11.8. The summed E-state index contributed by atoms with van der Waals surface area (Å²) in [5.41, 5.74) is 1.77. The average Bonchev–Trinajstić information content (AvgIpc) is 2.45. The molecule has 1 unspecified atom stereocenters. The second-order valence-corrected chi connectivity index (χ2v) is 6.09. The van der Waals surface area contributed by atoms with E-state index in [-0.39, 0.29) is 41.0 Å². The summed E-state index contributed by atoms with van der Waals surface area (Å²) in [7, 11) is 0. The van der Waals surface area contributed by atoms with Gasteiger partial charge in [0.2, 0.25) is 0 Å². The number of nitrogens with two attached hydrogens (primary N) is 1. The molecule has 0 spiro atoms. The Bertz CT molecular complexity index is 496. The second-order valence-electron chi connectivity index (χ2n) is 4.96. The first-order valence-corrected chi connectivity index (χ1v) is 7.59. The molecule has 8 heteroatoms. The fourth-order valence-electron chi connectivity index (χ4n) is 2.48. The van der Waals surface area contributed by atoms with Gasteiger partial charge in [0.15, 0.2) is 0 Å². The summed E-state index contributed by atoms with van der Waals surface area (Å²) in [4.78, 5) is 14.2. The van der Waals surface area contributed by atoms with Crippen LogP contribution in [0.25, 0.3) is 0 Å². The molecule has 22 heavy (non-hydrogen) atoms. The number of alkyl halides is 3. The first kappa shape index (κ1) is 19.1. The Labute approximate surface area is 137 Å². The van der Waals surface area contributed by atoms with Crippen LogP contribution in [-0.2, 0) is 0 Å². The molecule has 1 aliphatic heterocycles. The molecule has 1 atom stereocenters. The number of halogens is 4. The molecule has 1 heterocycles. The molecule has 0 aliphatic carbocycles. The van der Waals surface area contributed by atoms with Gasteiger partial charge in [0.05, 0.1) is 0 Å². The van der Waals surface area contributed by atoms with Crippen molar-refractivity contribution in [2.75, 3.05) is 13.1 Å². The van der Waals surface area contributed by atoms with Crippen LogP contribution >= 0.6 is 24.2 Å². The number of hydrogen-bond acceptors (Lipinski definition) is 3. The molecule has 1 fully saturated rings. The number of rotatable bonds is 3. The van der Waals surface area contributed by atoms with E-state index in [1.807, 2.05) is 0 Å². The van der Waals surface area contributed by atoms with Crippen molar-refractivity contribution in [2.45, 2.75) is 35.7 Å². The standard InChI is InChI=1S/C14H17F3N2OS.ClH/c15-14(16,17)21-12-6-4-10(5-7-12)13(20)19-8-2-1-3-11(19)9-18;/h4-7,11H,1-3,8-9,18H2;1H. The van der Waals surface area contributed by atoms with Gasteiger partial charge in [-0.1, -0.05) is 0 Å². The molecule has 0 bridgehead atoms. The molecule has 3 nitrogen and oxygen atoms in total. The van der Waals surface area contributed by atoms with Crippen LogP contribution in [0.4, 0.5) is 13.2 Å². The smallest absolute Gasteiger partial charge is 0.334 e. The minimum absolute atomic E-state index is 0. The van der Waals surface area contributed by atoms with Gasteiger partial charge in [0.25, 0.3) is 5.91 Å². The Morgan fingerprint density at radius 2 is 1.91 bits per heavy atom. The number of carbonyl (C=O) groups is 1. The first-order chi connectivity index (χ1) is 9.90. The summed E-state index contributed by atoms with van der Waals surface area (Å²) in [5, 5.41) is 0. The van der Waals surface area contributed by atoms with E-state index in [4.69, 9.17) is 5.73 Å². The number of thioether (sulfide) groups is 1. The zero-order valence-corrected chi connectivity index (χ0v) is 13.4. The molecule has 124 valence electrons. The van der Waals surface area contributed by atoms with Gasteiger partial charge in [0.1, 0.15) is 0 Å². The Balaban J connectivity index is 0.00000242. The molecule has 0 aromatic heterocycles. The van der Waals surface area contributed by atoms with Gasteiger partial charge in [-0.05, 0) is 55.3 Å². The molecule has 1 aromatic rings. The Morgan fingerprint density at radius 3 is 2.45 bits per heavy atom. The lowest BCUT2D eigenvalue weighted by molar-refractivity contribution is -0.0328. The molecular formula is C14H18ClF3N2OS. The van der Waals surface area contributed by atoms with Crippen molar-refractivity contribution < 1.29 is 18.0 Å². The van der Waals surface area contributed by atoms with Gasteiger partial charge < -0.3 is 10.6 Å². The van der Waals surface area contributed by atoms with E-state index < -0.39 is 5.51 Å². The predicted molar refractivity (Wildman–Crippen MR) is 83.3 cm³/mol. The summed E-state index contributed by atoms with van der Waals surface area (Å²) >= 11 is -0.183. The van der Waals surface area contributed by atoms with E-state index in [0.29, 0.717) is 18.7 Å². The molecular weight excluding hydrogens is 337 g/mol. The topological polar surface area (TPSA) is 46.3 Å². The Kier molecular flexibility index (Phi) is 7.02. The summed E-state index contributed by atoms with van der Waals surface area (Å²) in [6.07, 6.45) is 2.86. The van der Waals surface area contributed by atoms with E-state index in [2.05, 4.69) is 0 Å². The molecule has 0 radical (unpaired) electrons. The van der Waals surface area contributed by atoms with Crippen molar-refractivity contribution in [3.8, 4) is 0 Å². The van der Waals surface area contributed by atoms with Crippen LogP contribution in [0.3, 0.4) is 0 Å². The normalized spacial score (nSPS) is 18.7. The molecule has 1 aromatic carbocycles. The third-order valence-electron chi connectivity index (χ3n) is 3.49. The maximum absolute atomic E-state index is 12.4. The number of hydrogen-bond donors (Lipinski definition) is 1. The van der Waals surface area contributed by atoms with E-state index in [1.54, 1.807) is 4.90 Å². The maximum atomic E-state index is 12.4. The SMILES string of the molecule is Cl.NCC1CCCCN1C(=O)c1ccc(SC(F)(F)F)cc1. The summed E-state index contributed by atoms with van der Waals surface area (Å²) < 4.78 is 36.8. The van der Waals surface area contributed by atoms with Crippen molar-refractivity contribution in [1.29, 1.82) is 0 Å². The summed E-state index contributed by atoms with van der Waals surface area (Å²) in [6, 6.07) is 5.56. The van der Waals surface area contributed by atoms with Crippen LogP contribution in [-0.4, -0.2) is 35.4 Å². The molecule has 0 saturated carbocycles. The van der Waals surface area contributed by atoms with Gasteiger partial charge in [0, 0.05) is 29.6 Å². The quantitative estimate of drug-likeness (QED) is 0.842. The lowest BCUT2D eigenvalue weighted by Gasteiger charge is -2.35.